The molecule has 0 aromatic carbocycles. The lowest BCUT2D eigenvalue weighted by atomic mass is 9.93. The molecule has 0 saturated heterocycles. The van der Waals surface area contributed by atoms with Crippen LogP contribution >= 0.6 is 0 Å². The molecule has 318 valence electrons. The molecule has 0 N–H and O–H groups in total. The molecule has 6 heteroatoms. The van der Waals surface area contributed by atoms with Crippen molar-refractivity contribution in [3.63, 3.8) is 0 Å². The minimum absolute atomic E-state index is 0.0587. The zero-order valence-corrected chi connectivity index (χ0v) is 37.4. The maximum Gasteiger partial charge on any atom is 0.306 e. The first kappa shape index (κ1) is 52.3. The lowest BCUT2D eigenvalue weighted by molar-refractivity contribution is -0.143. The van der Waals surface area contributed by atoms with Gasteiger partial charge in [-0.15, -0.1) is 0 Å². The number of rotatable bonds is 39. The number of unbranched alkanes of at least 4 members (excludes halogenated alkanes) is 12. The molecule has 0 aromatic heterocycles. The van der Waals surface area contributed by atoms with Crippen LogP contribution < -0.4 is 0 Å². The van der Waals surface area contributed by atoms with E-state index in [2.05, 4.69) is 77.6 Å². The molecular weight excluding hydrogens is 669 g/mol. The van der Waals surface area contributed by atoms with Crippen molar-refractivity contribution < 1.29 is 19.1 Å². The number of ether oxygens (including phenoxy) is 2. The fraction of sp³-hybridized carbons (Fsp3) is 0.875. The molecule has 0 aliphatic heterocycles. The Morgan fingerprint density at radius 3 is 1.22 bits per heavy atom. The summed E-state index contributed by atoms with van der Waals surface area (Å²) >= 11 is 0. The number of carbonyl (C=O) groups is 2. The van der Waals surface area contributed by atoms with Gasteiger partial charge >= 0.3 is 11.9 Å². The van der Waals surface area contributed by atoms with Crippen molar-refractivity contribution in [2.75, 3.05) is 46.9 Å². The standard InChI is InChI=1S/C48H92N2O4/c1-9-13-31-44(32-14-10-2)35-25-29-41-53-46(51)37-23-19-17-21-27-39-50(48(5,6)43-49(7)8)40-28-22-18-20-24-38-47(52)54-42-30-26-36-45(33-15-11-3)34-16-12-4/h25-26,29-30,44-45H,9-24,27-28,31-43H2,1-8H3/b29-25-,30-26-. The number of likely N-dealkylation sites (N-methyl/N-ethyl adjacent to an activating group) is 1. The Balaban J connectivity index is 4.24. The maximum atomic E-state index is 12.2. The molecule has 0 spiro atoms. The normalized spacial score (nSPS) is 12.4. The second kappa shape index (κ2) is 36.9. The Morgan fingerprint density at radius 1 is 0.519 bits per heavy atom. The summed E-state index contributed by atoms with van der Waals surface area (Å²) in [6, 6.07) is 0. The van der Waals surface area contributed by atoms with E-state index in [9.17, 15) is 9.59 Å². The van der Waals surface area contributed by atoms with E-state index in [-0.39, 0.29) is 17.5 Å². The van der Waals surface area contributed by atoms with E-state index < -0.39 is 0 Å². The molecule has 6 nitrogen and oxygen atoms in total. The van der Waals surface area contributed by atoms with Crippen LogP contribution in [0.4, 0.5) is 0 Å². The molecule has 0 bridgehead atoms. The highest BCUT2D eigenvalue weighted by molar-refractivity contribution is 5.69. The van der Waals surface area contributed by atoms with Gasteiger partial charge in [-0.1, -0.05) is 168 Å². The first-order chi connectivity index (χ1) is 26.1. The molecule has 0 aliphatic rings. The van der Waals surface area contributed by atoms with Gasteiger partial charge in [0.1, 0.15) is 13.2 Å². The summed E-state index contributed by atoms with van der Waals surface area (Å²) in [5.74, 6) is 1.43. The van der Waals surface area contributed by atoms with Crippen molar-refractivity contribution in [3.8, 4) is 0 Å². The second-order valence-corrected chi connectivity index (χ2v) is 17.2. The highest BCUT2D eigenvalue weighted by Crippen LogP contribution is 2.22. The van der Waals surface area contributed by atoms with Crippen LogP contribution in [0.2, 0.25) is 0 Å². The summed E-state index contributed by atoms with van der Waals surface area (Å²) in [5, 5.41) is 0. The third-order valence-corrected chi connectivity index (χ3v) is 11.0. The monoisotopic (exact) mass is 761 g/mol. The first-order valence-corrected chi connectivity index (χ1v) is 23.1. The summed E-state index contributed by atoms with van der Waals surface area (Å²) in [6.07, 6.45) is 38.5. The highest BCUT2D eigenvalue weighted by Gasteiger charge is 2.26. The van der Waals surface area contributed by atoms with Gasteiger partial charge in [-0.05, 0) is 91.4 Å². The molecule has 0 radical (unpaired) electrons. The van der Waals surface area contributed by atoms with Gasteiger partial charge in [0.05, 0.1) is 0 Å². The van der Waals surface area contributed by atoms with Crippen LogP contribution in [-0.4, -0.2) is 74.2 Å². The number of carbonyl (C=O) groups excluding carboxylic acids is 2. The van der Waals surface area contributed by atoms with E-state index in [1.54, 1.807) is 0 Å². The lowest BCUT2D eigenvalue weighted by Crippen LogP contribution is -2.51. The van der Waals surface area contributed by atoms with Crippen molar-refractivity contribution in [2.24, 2.45) is 11.8 Å². The molecule has 0 heterocycles. The number of hydrogen-bond acceptors (Lipinski definition) is 6. The second-order valence-electron chi connectivity index (χ2n) is 17.2. The largest absolute Gasteiger partial charge is 0.461 e. The van der Waals surface area contributed by atoms with Gasteiger partial charge < -0.3 is 14.4 Å². The van der Waals surface area contributed by atoms with E-state index in [4.69, 9.17) is 9.47 Å². The van der Waals surface area contributed by atoms with Crippen molar-refractivity contribution in [1.29, 1.82) is 0 Å². The van der Waals surface area contributed by atoms with Gasteiger partial charge in [-0.3, -0.25) is 14.5 Å². The smallest absolute Gasteiger partial charge is 0.306 e. The zero-order valence-electron chi connectivity index (χ0n) is 37.4. The fourth-order valence-corrected chi connectivity index (χ4v) is 7.67. The molecule has 54 heavy (non-hydrogen) atoms. The number of hydrogen-bond donors (Lipinski definition) is 0. The Bertz CT molecular complexity index is 836. The number of allylic oxidation sites excluding steroid dienone is 2. The SMILES string of the molecule is CCCCC(C/C=C\COC(=O)CCCCCCCN(CCCCCCCC(=O)OC/C=C\CC(CCCC)CCCC)C(C)(C)CN(C)C)CCCC. The van der Waals surface area contributed by atoms with E-state index in [0.29, 0.717) is 26.1 Å². The Kier molecular flexibility index (Phi) is 35.8. The van der Waals surface area contributed by atoms with Crippen LogP contribution in [0, 0.1) is 11.8 Å². The Labute approximate surface area is 337 Å². The molecule has 0 rings (SSSR count). The van der Waals surface area contributed by atoms with Crippen molar-refractivity contribution >= 4 is 11.9 Å². The van der Waals surface area contributed by atoms with Gasteiger partial charge in [0, 0.05) is 24.9 Å². The molecule has 0 aromatic rings. The topological polar surface area (TPSA) is 59.1 Å². The van der Waals surface area contributed by atoms with E-state index >= 15 is 0 Å². The summed E-state index contributed by atoms with van der Waals surface area (Å²) in [6.45, 7) is 17.9. The van der Waals surface area contributed by atoms with Crippen molar-refractivity contribution in [3.05, 3.63) is 24.3 Å². The van der Waals surface area contributed by atoms with E-state index in [1.165, 1.54) is 116 Å². The van der Waals surface area contributed by atoms with Crippen LogP contribution in [0.5, 0.6) is 0 Å². The highest BCUT2D eigenvalue weighted by atomic mass is 16.5. The lowest BCUT2D eigenvalue weighted by Gasteiger charge is -2.40. The van der Waals surface area contributed by atoms with Crippen LogP contribution in [0.3, 0.4) is 0 Å². The predicted octanol–water partition coefficient (Wildman–Crippen LogP) is 13.3. The number of nitrogens with zero attached hydrogens (tertiary/aromatic N) is 2. The van der Waals surface area contributed by atoms with E-state index in [0.717, 1.165) is 70.0 Å². The minimum Gasteiger partial charge on any atom is -0.461 e. The third-order valence-electron chi connectivity index (χ3n) is 11.0. The minimum atomic E-state index is -0.0587. The maximum absolute atomic E-state index is 12.2. The Morgan fingerprint density at radius 2 is 0.870 bits per heavy atom. The van der Waals surface area contributed by atoms with Gasteiger partial charge in [-0.2, -0.15) is 0 Å². The Hall–Kier alpha value is -1.66. The summed E-state index contributed by atoms with van der Waals surface area (Å²) in [4.78, 5) is 29.5. The average Bonchev–Trinajstić information content (AvgIpc) is 3.13. The van der Waals surface area contributed by atoms with Gasteiger partial charge in [0.15, 0.2) is 0 Å². The third kappa shape index (κ3) is 32.6. The van der Waals surface area contributed by atoms with Gasteiger partial charge in [0.25, 0.3) is 0 Å². The van der Waals surface area contributed by atoms with Gasteiger partial charge in [-0.25, -0.2) is 0 Å². The van der Waals surface area contributed by atoms with Crippen LogP contribution in [0.15, 0.2) is 24.3 Å². The zero-order chi connectivity index (χ0) is 40.1. The first-order valence-electron chi connectivity index (χ1n) is 23.1. The van der Waals surface area contributed by atoms with Crippen molar-refractivity contribution in [1.82, 2.24) is 9.80 Å². The van der Waals surface area contributed by atoms with Crippen LogP contribution in [0.1, 0.15) is 208 Å². The summed E-state index contributed by atoms with van der Waals surface area (Å²) < 4.78 is 11.0. The molecule has 0 unspecified atom stereocenters. The fourth-order valence-electron chi connectivity index (χ4n) is 7.67. The quantitative estimate of drug-likeness (QED) is 0.0353. The summed E-state index contributed by atoms with van der Waals surface area (Å²) in [7, 11) is 4.33. The predicted molar refractivity (Wildman–Crippen MR) is 234 cm³/mol. The molecule has 0 aliphatic carbocycles. The molecule has 0 amide bonds. The average molecular weight is 761 g/mol. The molecular formula is C48H92N2O4. The molecule has 0 atom stereocenters. The van der Waals surface area contributed by atoms with Crippen LogP contribution in [-0.2, 0) is 19.1 Å². The van der Waals surface area contributed by atoms with Gasteiger partial charge in [0.2, 0.25) is 0 Å². The van der Waals surface area contributed by atoms with Crippen LogP contribution in [0.25, 0.3) is 0 Å². The number of esters is 2. The summed E-state index contributed by atoms with van der Waals surface area (Å²) in [5.41, 5.74) is 0.123. The van der Waals surface area contributed by atoms with E-state index in [1.807, 2.05) is 12.2 Å². The molecule has 0 saturated carbocycles. The molecule has 0 fully saturated rings. The van der Waals surface area contributed by atoms with Crippen molar-refractivity contribution in [2.45, 2.75) is 214 Å².